The number of aryl methyl sites for hydroxylation is 3. The first-order valence-electron chi connectivity index (χ1n) is 10.5. The molecule has 0 bridgehead atoms. The van der Waals surface area contributed by atoms with Gasteiger partial charge in [-0.05, 0) is 86.3 Å². The Hall–Kier alpha value is -3.03. The number of hydrogen-bond acceptors (Lipinski definition) is 4. The summed E-state index contributed by atoms with van der Waals surface area (Å²) in [6.07, 6.45) is -0.198. The van der Waals surface area contributed by atoms with E-state index in [2.05, 4.69) is 10.0 Å². The van der Waals surface area contributed by atoms with E-state index in [-0.39, 0.29) is 10.8 Å². The molecule has 0 unspecified atom stereocenters. The third kappa shape index (κ3) is 6.27. The summed E-state index contributed by atoms with van der Waals surface area (Å²) < 4.78 is 33.8. The number of amides is 1. The summed E-state index contributed by atoms with van der Waals surface area (Å²) in [4.78, 5) is 12.8. The predicted molar refractivity (Wildman–Crippen MR) is 133 cm³/mol. The minimum atomic E-state index is -3.80. The normalized spacial score (nSPS) is 12.2. The number of nitrogens with one attached hydrogen (secondary N) is 2. The molecule has 3 rings (SSSR count). The van der Waals surface area contributed by atoms with Gasteiger partial charge < -0.3 is 10.1 Å². The molecule has 6 nitrogen and oxygen atoms in total. The van der Waals surface area contributed by atoms with Crippen LogP contribution in [0.4, 0.5) is 11.4 Å². The van der Waals surface area contributed by atoms with Crippen molar-refractivity contribution in [1.29, 1.82) is 0 Å². The molecule has 0 aliphatic carbocycles. The van der Waals surface area contributed by atoms with Crippen molar-refractivity contribution in [2.45, 2.75) is 45.1 Å². The van der Waals surface area contributed by atoms with Crippen LogP contribution in [0, 0.1) is 20.8 Å². The van der Waals surface area contributed by atoms with E-state index in [4.69, 9.17) is 16.3 Å². The Bertz CT molecular complexity index is 1260. The van der Waals surface area contributed by atoms with E-state index in [0.29, 0.717) is 28.6 Å². The van der Waals surface area contributed by atoms with Crippen molar-refractivity contribution in [3.8, 4) is 5.75 Å². The number of benzene rings is 3. The second kappa shape index (κ2) is 10.3. The van der Waals surface area contributed by atoms with Crippen LogP contribution in [0.2, 0.25) is 5.02 Å². The Morgan fingerprint density at radius 2 is 1.58 bits per heavy atom. The predicted octanol–water partition coefficient (Wildman–Crippen LogP) is 5.86. The van der Waals surface area contributed by atoms with Gasteiger partial charge >= 0.3 is 0 Å². The van der Waals surface area contributed by atoms with E-state index in [9.17, 15) is 13.2 Å². The molecule has 0 fully saturated rings. The quantitative estimate of drug-likeness (QED) is 0.417. The molecule has 3 aromatic carbocycles. The Morgan fingerprint density at radius 3 is 2.21 bits per heavy atom. The van der Waals surface area contributed by atoms with Crippen molar-refractivity contribution >= 4 is 38.9 Å². The van der Waals surface area contributed by atoms with Crippen LogP contribution < -0.4 is 14.8 Å². The fraction of sp³-hybridized carbons (Fsp3) is 0.240. The van der Waals surface area contributed by atoms with E-state index < -0.39 is 16.1 Å². The van der Waals surface area contributed by atoms with Gasteiger partial charge in [-0.3, -0.25) is 9.52 Å². The van der Waals surface area contributed by atoms with Gasteiger partial charge in [0.15, 0.2) is 6.10 Å². The molecule has 0 saturated carbocycles. The summed E-state index contributed by atoms with van der Waals surface area (Å²) in [5, 5.41) is 3.27. The molecular formula is C25H27ClN2O4S. The molecule has 0 aromatic heterocycles. The monoisotopic (exact) mass is 486 g/mol. The van der Waals surface area contributed by atoms with Crippen LogP contribution in [0.25, 0.3) is 0 Å². The second-order valence-electron chi connectivity index (χ2n) is 7.87. The van der Waals surface area contributed by atoms with E-state index in [1.165, 1.54) is 12.1 Å². The van der Waals surface area contributed by atoms with Gasteiger partial charge in [0.05, 0.1) is 10.6 Å². The first-order valence-corrected chi connectivity index (χ1v) is 12.4. The van der Waals surface area contributed by atoms with Gasteiger partial charge in [0.25, 0.3) is 15.9 Å². The van der Waals surface area contributed by atoms with Crippen molar-refractivity contribution in [3.63, 3.8) is 0 Å². The molecule has 8 heteroatoms. The Kier molecular flexibility index (Phi) is 7.66. The van der Waals surface area contributed by atoms with Crippen LogP contribution in [-0.2, 0) is 14.8 Å². The summed E-state index contributed by atoms with van der Waals surface area (Å²) in [6.45, 7) is 7.60. The van der Waals surface area contributed by atoms with Gasteiger partial charge in [-0.2, -0.15) is 0 Å². The van der Waals surface area contributed by atoms with Crippen LogP contribution in [0.1, 0.15) is 30.0 Å². The van der Waals surface area contributed by atoms with Crippen LogP contribution in [0.5, 0.6) is 5.75 Å². The standard InChI is InChI=1S/C25H27ClN2O4S/c1-5-23(32-24-14-16(2)6-7-18(24)4)25(29)27-19-10-12-21(13-11-19)33(30,31)28-20-9-8-17(3)22(26)15-20/h6-15,23,28H,5H2,1-4H3,(H,27,29)/t23-/m1/s1. The number of halogens is 1. The fourth-order valence-corrected chi connectivity index (χ4v) is 4.35. The lowest BCUT2D eigenvalue weighted by Gasteiger charge is -2.19. The smallest absolute Gasteiger partial charge is 0.265 e. The number of ether oxygens (including phenoxy) is 1. The lowest BCUT2D eigenvalue weighted by Crippen LogP contribution is -2.32. The SMILES string of the molecule is CC[C@@H](Oc1cc(C)ccc1C)C(=O)Nc1ccc(S(=O)(=O)Nc2ccc(C)c(Cl)c2)cc1. The average molecular weight is 487 g/mol. The maximum atomic E-state index is 12.7. The molecular weight excluding hydrogens is 460 g/mol. The van der Waals surface area contributed by atoms with Crippen LogP contribution in [0.15, 0.2) is 65.6 Å². The second-order valence-corrected chi connectivity index (χ2v) is 9.96. The Balaban J connectivity index is 1.69. The molecule has 3 aromatic rings. The minimum Gasteiger partial charge on any atom is -0.480 e. The van der Waals surface area contributed by atoms with E-state index in [1.807, 2.05) is 45.9 Å². The molecule has 174 valence electrons. The molecule has 1 atom stereocenters. The number of carbonyl (C=O) groups is 1. The van der Waals surface area contributed by atoms with Crippen molar-refractivity contribution in [1.82, 2.24) is 0 Å². The van der Waals surface area contributed by atoms with Gasteiger partial charge in [0.2, 0.25) is 0 Å². The lowest BCUT2D eigenvalue weighted by molar-refractivity contribution is -0.122. The highest BCUT2D eigenvalue weighted by Gasteiger charge is 2.20. The highest BCUT2D eigenvalue weighted by molar-refractivity contribution is 7.92. The highest BCUT2D eigenvalue weighted by atomic mass is 35.5. The molecule has 0 radical (unpaired) electrons. The summed E-state index contributed by atoms with van der Waals surface area (Å²) >= 11 is 6.08. The third-order valence-electron chi connectivity index (χ3n) is 5.13. The number of rotatable bonds is 8. The van der Waals surface area contributed by atoms with Crippen molar-refractivity contribution in [2.24, 2.45) is 0 Å². The van der Waals surface area contributed by atoms with Crippen LogP contribution in [0.3, 0.4) is 0 Å². The Morgan fingerprint density at radius 1 is 0.939 bits per heavy atom. The van der Waals surface area contributed by atoms with Crippen molar-refractivity contribution in [3.05, 3.63) is 82.4 Å². The maximum Gasteiger partial charge on any atom is 0.265 e. The van der Waals surface area contributed by atoms with Gasteiger partial charge in [0.1, 0.15) is 5.75 Å². The maximum absolute atomic E-state index is 12.7. The van der Waals surface area contributed by atoms with Crippen LogP contribution >= 0.6 is 11.6 Å². The number of hydrogen-bond donors (Lipinski definition) is 2. The lowest BCUT2D eigenvalue weighted by atomic mass is 10.1. The molecule has 2 N–H and O–H groups in total. The highest BCUT2D eigenvalue weighted by Crippen LogP contribution is 2.24. The first kappa shape index (κ1) is 24.6. The largest absolute Gasteiger partial charge is 0.480 e. The van der Waals surface area contributed by atoms with Gasteiger partial charge in [0, 0.05) is 10.7 Å². The zero-order valence-electron chi connectivity index (χ0n) is 19.0. The summed E-state index contributed by atoms with van der Waals surface area (Å²) in [5.41, 5.74) is 3.69. The van der Waals surface area contributed by atoms with Crippen molar-refractivity contribution < 1.29 is 17.9 Å². The van der Waals surface area contributed by atoms with E-state index >= 15 is 0 Å². The molecule has 33 heavy (non-hydrogen) atoms. The van der Waals surface area contributed by atoms with E-state index in [1.54, 1.807) is 30.3 Å². The van der Waals surface area contributed by atoms with Crippen molar-refractivity contribution in [2.75, 3.05) is 10.0 Å². The number of anilines is 2. The summed E-state index contributed by atoms with van der Waals surface area (Å²) in [6, 6.07) is 16.7. The number of sulfonamides is 1. The molecule has 0 aliphatic heterocycles. The zero-order chi connectivity index (χ0) is 24.2. The topological polar surface area (TPSA) is 84.5 Å². The van der Waals surface area contributed by atoms with E-state index in [0.717, 1.165) is 16.7 Å². The fourth-order valence-electron chi connectivity index (χ4n) is 3.12. The minimum absolute atomic E-state index is 0.0656. The average Bonchev–Trinajstić information content (AvgIpc) is 2.77. The third-order valence-corrected chi connectivity index (χ3v) is 6.94. The summed E-state index contributed by atoms with van der Waals surface area (Å²) in [5.74, 6) is 0.363. The summed E-state index contributed by atoms with van der Waals surface area (Å²) in [7, 11) is -3.80. The zero-order valence-corrected chi connectivity index (χ0v) is 20.5. The number of carbonyl (C=O) groups excluding carboxylic acids is 1. The van der Waals surface area contributed by atoms with Gasteiger partial charge in [-0.1, -0.05) is 36.7 Å². The molecule has 0 saturated heterocycles. The molecule has 0 spiro atoms. The Labute approximate surface area is 200 Å². The van der Waals surface area contributed by atoms with Crippen LogP contribution in [-0.4, -0.2) is 20.4 Å². The molecule has 0 aliphatic rings. The molecule has 0 heterocycles. The van der Waals surface area contributed by atoms with Gasteiger partial charge in [-0.15, -0.1) is 0 Å². The van der Waals surface area contributed by atoms with Gasteiger partial charge in [-0.25, -0.2) is 8.42 Å². The first-order chi connectivity index (χ1) is 15.6. The molecule has 1 amide bonds.